The maximum Gasteiger partial charge on any atom is 0.200 e. The van der Waals surface area contributed by atoms with Crippen LogP contribution < -0.4 is 26.8 Å². The van der Waals surface area contributed by atoms with Gasteiger partial charge in [0, 0.05) is 5.56 Å². The van der Waals surface area contributed by atoms with Gasteiger partial charge in [0.25, 0.3) is 0 Å². The first-order valence-corrected chi connectivity index (χ1v) is 18.6. The minimum absolute atomic E-state index is 1.18. The average Bonchev–Trinajstić information content (AvgIpc) is 3.25. The molecule has 1 N–H and O–H groups in total. The number of hydrogen-bond donors (Lipinski definition) is 1. The summed E-state index contributed by atoms with van der Waals surface area (Å²) in [6.07, 6.45) is -2.29. The number of aryl methyl sites for hydroxylation is 2. The van der Waals surface area contributed by atoms with Gasteiger partial charge in [-0.25, -0.2) is 87.8 Å². The van der Waals surface area contributed by atoms with Gasteiger partial charge >= 0.3 is 0 Å². The van der Waals surface area contributed by atoms with Crippen molar-refractivity contribution in [3.05, 3.63) is 151 Å². The van der Waals surface area contributed by atoms with Gasteiger partial charge in [-0.15, -0.1) is 21.9 Å². The van der Waals surface area contributed by atoms with E-state index >= 15 is 35.1 Å². The van der Waals surface area contributed by atoms with Gasteiger partial charge in [-0.05, 0) is 37.8 Å². The lowest BCUT2D eigenvalue weighted by molar-refractivity contribution is -0.910. The molecular weight excluding hydrogens is 897 g/mol. The van der Waals surface area contributed by atoms with Crippen LogP contribution >= 0.6 is 0 Å². The van der Waals surface area contributed by atoms with E-state index in [1.54, 1.807) is 4.90 Å². The first-order valence-electron chi connectivity index (χ1n) is 18.6. The Balaban J connectivity index is 0.000000405. The molecule has 0 unspecified atom stereocenters. The van der Waals surface area contributed by atoms with Gasteiger partial charge in [0.15, 0.2) is 69.8 Å². The van der Waals surface area contributed by atoms with E-state index in [4.69, 9.17) is 0 Å². The van der Waals surface area contributed by atoms with Crippen molar-refractivity contribution in [1.82, 2.24) is 0 Å². The second kappa shape index (κ2) is 19.6. The SMILES string of the molecule is CCCc1cc(CCC)cc(C[NH+](CC)CC)c1.Fc1c(F)c(F)c([B-](c2c(F)c(F)c(F)c(F)c2F)(c2c(F)c(F)c(F)c(F)c2F)c2c(F)c(F)c(F)c(F)c2F)c(F)c1F. The van der Waals surface area contributed by atoms with Gasteiger partial charge in [0.1, 0.15) is 59.2 Å². The predicted octanol–water partition coefficient (Wildman–Crippen LogP) is 8.86. The van der Waals surface area contributed by atoms with Crippen molar-refractivity contribution in [3.8, 4) is 0 Å². The molecule has 5 aromatic rings. The third-order valence-electron chi connectivity index (χ3n) is 10.4. The van der Waals surface area contributed by atoms with Crippen LogP contribution in [0.1, 0.15) is 57.2 Å². The van der Waals surface area contributed by atoms with Crippen molar-refractivity contribution in [2.24, 2.45) is 0 Å². The monoisotopic (exact) mass is 927 g/mol. The lowest BCUT2D eigenvalue weighted by Crippen LogP contribution is -3.10. The molecule has 0 spiro atoms. The van der Waals surface area contributed by atoms with Gasteiger partial charge in [0.2, 0.25) is 0 Å². The molecule has 63 heavy (non-hydrogen) atoms. The lowest BCUT2D eigenvalue weighted by Gasteiger charge is -2.44. The van der Waals surface area contributed by atoms with E-state index in [0.717, 1.165) is 0 Å². The topological polar surface area (TPSA) is 4.44 Å². The fraction of sp³-hybridized carbons (Fsp3) is 0.268. The maximum absolute atomic E-state index is 15.4. The highest BCUT2D eigenvalue weighted by Gasteiger charge is 2.52. The number of benzene rings is 5. The average molecular weight is 927 g/mol. The zero-order chi connectivity index (χ0) is 47.7. The summed E-state index contributed by atoms with van der Waals surface area (Å²) >= 11 is 0. The molecule has 5 rings (SSSR count). The van der Waals surface area contributed by atoms with E-state index in [-0.39, 0.29) is 0 Å². The molecule has 342 valence electrons. The number of rotatable bonds is 12. The van der Waals surface area contributed by atoms with Crippen molar-refractivity contribution in [2.75, 3.05) is 13.1 Å². The van der Waals surface area contributed by atoms with E-state index in [1.165, 1.54) is 62.0 Å². The lowest BCUT2D eigenvalue weighted by atomic mass is 9.12. The Bertz CT molecular complexity index is 2150. The summed E-state index contributed by atoms with van der Waals surface area (Å²) < 4.78 is 294. The van der Waals surface area contributed by atoms with Crippen LogP contribution in [-0.4, -0.2) is 19.2 Å². The number of quaternary nitrogens is 1. The van der Waals surface area contributed by atoms with Crippen LogP contribution in [0.4, 0.5) is 87.8 Å². The molecule has 0 radical (unpaired) electrons. The van der Waals surface area contributed by atoms with Crippen LogP contribution in [0.25, 0.3) is 0 Å². The molecule has 0 aromatic heterocycles. The number of nitrogens with one attached hydrogen (secondary N) is 1. The van der Waals surface area contributed by atoms with Gasteiger partial charge in [-0.3, -0.25) is 0 Å². The third kappa shape index (κ3) is 8.58. The molecule has 22 heteroatoms. The molecule has 0 fully saturated rings. The molecule has 0 saturated heterocycles. The second-order valence-electron chi connectivity index (χ2n) is 14.1. The Hall–Kier alpha value is -5.28. The fourth-order valence-electron chi connectivity index (χ4n) is 7.47. The Morgan fingerprint density at radius 2 is 0.492 bits per heavy atom. The van der Waals surface area contributed by atoms with Gasteiger partial charge in [-0.2, -0.15) is 0 Å². The summed E-state index contributed by atoms with van der Waals surface area (Å²) in [6, 6.07) is 7.26. The molecule has 1 nitrogen and oxygen atoms in total. The minimum atomic E-state index is -7.22. The first kappa shape index (κ1) is 50.4. The van der Waals surface area contributed by atoms with Crippen molar-refractivity contribution >= 4 is 28.0 Å². The van der Waals surface area contributed by atoms with E-state index in [1.807, 2.05) is 0 Å². The molecule has 0 heterocycles. The Morgan fingerprint density at radius 3 is 0.683 bits per heavy atom. The standard InChI is InChI=1S/C24BF20.C17H29N/c26-5-1(6(27)14(35)21(42)13(5)34)25(2-7(28)15(36)22(43)16(37)8(2)29,3-9(30)17(38)23(44)18(39)10(3)31)4-11(32)19(40)24(45)20(41)12(4)33;1-5-9-15-11-16(10-6-2)13-17(12-15)14-18(7-3)8-4/h;11-13H,5-10,14H2,1-4H3/q-1;/p+1. The van der Waals surface area contributed by atoms with Gasteiger partial charge in [-0.1, -0.05) is 44.9 Å². The molecule has 5 aromatic carbocycles. The van der Waals surface area contributed by atoms with Crippen molar-refractivity contribution in [3.63, 3.8) is 0 Å². The molecule has 0 aliphatic heterocycles. The highest BCUT2D eigenvalue weighted by Crippen LogP contribution is 2.31. The van der Waals surface area contributed by atoms with Crippen LogP contribution in [-0.2, 0) is 19.4 Å². The second-order valence-corrected chi connectivity index (χ2v) is 14.1. The molecule has 0 amide bonds. The van der Waals surface area contributed by atoms with Crippen LogP contribution in [0.15, 0.2) is 18.2 Å². The van der Waals surface area contributed by atoms with Crippen molar-refractivity contribution in [1.29, 1.82) is 0 Å². The Labute approximate surface area is 344 Å². The predicted molar refractivity (Wildman–Crippen MR) is 189 cm³/mol. The zero-order valence-corrected chi connectivity index (χ0v) is 32.8. The molecule has 0 aliphatic rings. The summed E-state index contributed by atoms with van der Waals surface area (Å²) in [5, 5.41) is 0. The highest BCUT2D eigenvalue weighted by atomic mass is 19.2. The largest absolute Gasteiger partial charge is 0.332 e. The first-order chi connectivity index (χ1) is 29.4. The van der Waals surface area contributed by atoms with Crippen molar-refractivity contribution < 1.29 is 92.7 Å². The summed E-state index contributed by atoms with van der Waals surface area (Å²) in [5.74, 6) is -71.4. The number of halogens is 20. The quantitative estimate of drug-likeness (QED) is 0.0553. The summed E-state index contributed by atoms with van der Waals surface area (Å²) in [5.41, 5.74) is -9.73. The normalized spacial score (nSPS) is 11.8. The molecule has 0 bridgehead atoms. The van der Waals surface area contributed by atoms with Crippen LogP contribution in [0, 0.1) is 116 Å². The van der Waals surface area contributed by atoms with Crippen LogP contribution in [0.3, 0.4) is 0 Å². The van der Waals surface area contributed by atoms with Gasteiger partial charge < -0.3 is 4.90 Å². The summed E-state index contributed by atoms with van der Waals surface area (Å²) in [4.78, 5) is 1.67. The van der Waals surface area contributed by atoms with E-state index < -0.39 is 144 Å². The fourth-order valence-corrected chi connectivity index (χ4v) is 7.47. The zero-order valence-electron chi connectivity index (χ0n) is 32.8. The summed E-state index contributed by atoms with van der Waals surface area (Å²) in [7, 11) is 0. The van der Waals surface area contributed by atoms with Crippen LogP contribution in [0.5, 0.6) is 0 Å². The van der Waals surface area contributed by atoms with Crippen molar-refractivity contribution in [2.45, 2.75) is 59.9 Å². The molecule has 0 atom stereocenters. The highest BCUT2D eigenvalue weighted by molar-refractivity contribution is 7.20. The molecular formula is C41H30BF20N. The van der Waals surface area contributed by atoms with E-state index in [0.29, 0.717) is 0 Å². The molecule has 0 saturated carbocycles. The minimum Gasteiger partial charge on any atom is -0.332 e. The Kier molecular flexibility index (Phi) is 15.7. The molecule has 0 aliphatic carbocycles. The Morgan fingerprint density at radius 1 is 0.302 bits per heavy atom. The van der Waals surface area contributed by atoms with Crippen LogP contribution in [0.2, 0.25) is 0 Å². The van der Waals surface area contributed by atoms with E-state index in [9.17, 15) is 52.7 Å². The maximum atomic E-state index is 15.4. The third-order valence-corrected chi connectivity index (χ3v) is 10.4. The smallest absolute Gasteiger partial charge is 0.200 e. The van der Waals surface area contributed by atoms with Gasteiger partial charge in [0.05, 0.1) is 13.1 Å². The summed E-state index contributed by atoms with van der Waals surface area (Å²) in [6.45, 7) is 12.7. The van der Waals surface area contributed by atoms with E-state index in [2.05, 4.69) is 45.9 Å². The number of hydrogen-bond acceptors (Lipinski definition) is 0.